The molecule has 100 valence electrons. The lowest BCUT2D eigenvalue weighted by Gasteiger charge is -2.20. The van der Waals surface area contributed by atoms with Crippen molar-refractivity contribution < 1.29 is 9.47 Å². The summed E-state index contributed by atoms with van der Waals surface area (Å²) in [6, 6.07) is 14.9. The van der Waals surface area contributed by atoms with Gasteiger partial charge in [-0.15, -0.1) is 0 Å². The summed E-state index contributed by atoms with van der Waals surface area (Å²) in [7, 11) is 1.63. The molecule has 3 nitrogen and oxygen atoms in total. The molecule has 0 aliphatic carbocycles. The Morgan fingerprint density at radius 1 is 1.11 bits per heavy atom. The highest BCUT2D eigenvalue weighted by molar-refractivity contribution is 6.30. The summed E-state index contributed by atoms with van der Waals surface area (Å²) >= 11 is 5.85. The van der Waals surface area contributed by atoms with Gasteiger partial charge >= 0.3 is 0 Å². The predicted octanol–water partition coefficient (Wildman–Crippen LogP) is 3.43. The molecule has 0 aliphatic rings. The maximum atomic E-state index is 5.88. The van der Waals surface area contributed by atoms with Crippen LogP contribution in [0.2, 0.25) is 5.02 Å². The van der Waals surface area contributed by atoms with E-state index < -0.39 is 0 Å². The van der Waals surface area contributed by atoms with Gasteiger partial charge in [0.05, 0.1) is 7.11 Å². The van der Waals surface area contributed by atoms with Crippen LogP contribution < -0.4 is 15.2 Å². The molecule has 2 rings (SSSR count). The van der Waals surface area contributed by atoms with E-state index >= 15 is 0 Å². The standard InChI is InChI=1S/C15H16ClNO2/c1-18-14-5-3-2-4-13(14)15(10-17)19-12-8-6-11(16)7-9-12/h2-9,15H,10,17H2,1H3. The van der Waals surface area contributed by atoms with Crippen LogP contribution >= 0.6 is 11.6 Å². The second-order valence-corrected chi connectivity index (χ2v) is 4.47. The van der Waals surface area contributed by atoms with E-state index in [4.69, 9.17) is 26.8 Å². The molecule has 0 amide bonds. The largest absolute Gasteiger partial charge is 0.496 e. The summed E-state index contributed by atoms with van der Waals surface area (Å²) < 4.78 is 11.2. The van der Waals surface area contributed by atoms with Gasteiger partial charge in [0.1, 0.15) is 17.6 Å². The number of hydrogen-bond acceptors (Lipinski definition) is 3. The van der Waals surface area contributed by atoms with Crippen molar-refractivity contribution in [1.82, 2.24) is 0 Å². The molecule has 2 N–H and O–H groups in total. The summed E-state index contributed by atoms with van der Waals surface area (Å²) in [5.41, 5.74) is 6.73. The van der Waals surface area contributed by atoms with Crippen LogP contribution in [0.25, 0.3) is 0 Å². The van der Waals surface area contributed by atoms with Crippen molar-refractivity contribution in [2.75, 3.05) is 13.7 Å². The number of halogens is 1. The quantitative estimate of drug-likeness (QED) is 0.911. The van der Waals surface area contributed by atoms with E-state index in [9.17, 15) is 0 Å². The van der Waals surface area contributed by atoms with Crippen LogP contribution in [0.5, 0.6) is 11.5 Å². The number of para-hydroxylation sites is 1. The summed E-state index contributed by atoms with van der Waals surface area (Å²) in [5.74, 6) is 1.50. The van der Waals surface area contributed by atoms with E-state index in [1.54, 1.807) is 19.2 Å². The molecule has 2 aromatic carbocycles. The molecule has 0 aromatic heterocycles. The molecule has 0 bridgehead atoms. The SMILES string of the molecule is COc1ccccc1C(CN)Oc1ccc(Cl)cc1. The molecule has 1 unspecified atom stereocenters. The highest BCUT2D eigenvalue weighted by Crippen LogP contribution is 2.28. The molecule has 2 aromatic rings. The topological polar surface area (TPSA) is 44.5 Å². The Kier molecular flexibility index (Phi) is 4.66. The molecule has 0 saturated heterocycles. The molecule has 0 radical (unpaired) electrons. The van der Waals surface area contributed by atoms with E-state index in [0.717, 1.165) is 17.1 Å². The summed E-state index contributed by atoms with van der Waals surface area (Å²) in [4.78, 5) is 0. The number of methoxy groups -OCH3 is 1. The van der Waals surface area contributed by atoms with Gasteiger partial charge in [-0.05, 0) is 30.3 Å². The lowest BCUT2D eigenvalue weighted by Crippen LogP contribution is -2.19. The van der Waals surface area contributed by atoms with E-state index in [1.807, 2.05) is 36.4 Å². The Morgan fingerprint density at radius 2 is 1.79 bits per heavy atom. The van der Waals surface area contributed by atoms with Crippen LogP contribution in [-0.2, 0) is 0 Å². The first kappa shape index (κ1) is 13.7. The van der Waals surface area contributed by atoms with Crippen LogP contribution in [0.1, 0.15) is 11.7 Å². The highest BCUT2D eigenvalue weighted by Gasteiger charge is 2.15. The van der Waals surface area contributed by atoms with E-state index in [1.165, 1.54) is 0 Å². The molecule has 0 fully saturated rings. The van der Waals surface area contributed by atoms with Crippen LogP contribution in [0.4, 0.5) is 0 Å². The molecule has 4 heteroatoms. The summed E-state index contributed by atoms with van der Waals surface area (Å²) in [5, 5.41) is 0.675. The molecule has 0 aliphatic heterocycles. The molecule has 0 spiro atoms. The average Bonchev–Trinajstić information content (AvgIpc) is 2.46. The third-order valence-electron chi connectivity index (χ3n) is 2.79. The van der Waals surface area contributed by atoms with Gasteiger partial charge in [-0.2, -0.15) is 0 Å². The molecule has 1 atom stereocenters. The lowest BCUT2D eigenvalue weighted by molar-refractivity contribution is 0.209. The second kappa shape index (κ2) is 6.45. The van der Waals surface area contributed by atoms with E-state index in [-0.39, 0.29) is 6.10 Å². The Bertz CT molecular complexity index is 528. The van der Waals surface area contributed by atoms with Crippen molar-refractivity contribution in [3.63, 3.8) is 0 Å². The average molecular weight is 278 g/mol. The fourth-order valence-corrected chi connectivity index (χ4v) is 1.97. The number of benzene rings is 2. The first-order valence-electron chi connectivity index (χ1n) is 6.00. The van der Waals surface area contributed by atoms with E-state index in [2.05, 4.69) is 0 Å². The van der Waals surface area contributed by atoms with Crippen molar-refractivity contribution in [2.45, 2.75) is 6.10 Å². The van der Waals surface area contributed by atoms with Crippen LogP contribution in [0.15, 0.2) is 48.5 Å². The predicted molar refractivity (Wildman–Crippen MR) is 76.9 cm³/mol. The Balaban J connectivity index is 2.22. The minimum atomic E-state index is -0.252. The zero-order chi connectivity index (χ0) is 13.7. The van der Waals surface area contributed by atoms with Crippen molar-refractivity contribution >= 4 is 11.6 Å². The molecular formula is C15H16ClNO2. The maximum Gasteiger partial charge on any atom is 0.139 e. The summed E-state index contributed by atoms with van der Waals surface area (Å²) in [6.45, 7) is 0.364. The van der Waals surface area contributed by atoms with Gasteiger partial charge in [-0.1, -0.05) is 29.8 Å². The Morgan fingerprint density at radius 3 is 2.42 bits per heavy atom. The van der Waals surface area contributed by atoms with Gasteiger partial charge in [0, 0.05) is 17.1 Å². The highest BCUT2D eigenvalue weighted by atomic mass is 35.5. The minimum Gasteiger partial charge on any atom is -0.496 e. The van der Waals surface area contributed by atoms with Gasteiger partial charge in [-0.3, -0.25) is 0 Å². The lowest BCUT2D eigenvalue weighted by atomic mass is 10.1. The number of hydrogen-bond donors (Lipinski definition) is 1. The van der Waals surface area contributed by atoms with Crippen molar-refractivity contribution in [3.05, 3.63) is 59.1 Å². The number of rotatable bonds is 5. The first-order chi connectivity index (χ1) is 9.24. The Labute approximate surface area is 117 Å². The third kappa shape index (κ3) is 3.40. The second-order valence-electron chi connectivity index (χ2n) is 4.04. The van der Waals surface area contributed by atoms with Gasteiger partial charge < -0.3 is 15.2 Å². The van der Waals surface area contributed by atoms with Gasteiger partial charge in [0.2, 0.25) is 0 Å². The summed E-state index contributed by atoms with van der Waals surface area (Å²) in [6.07, 6.45) is -0.252. The fraction of sp³-hybridized carbons (Fsp3) is 0.200. The van der Waals surface area contributed by atoms with Crippen LogP contribution in [0.3, 0.4) is 0 Å². The van der Waals surface area contributed by atoms with Crippen molar-refractivity contribution in [3.8, 4) is 11.5 Å². The van der Waals surface area contributed by atoms with Crippen molar-refractivity contribution in [2.24, 2.45) is 5.73 Å². The Hall–Kier alpha value is -1.71. The number of ether oxygens (including phenoxy) is 2. The normalized spacial score (nSPS) is 11.9. The minimum absolute atomic E-state index is 0.252. The van der Waals surface area contributed by atoms with Crippen LogP contribution in [0, 0.1) is 0 Å². The first-order valence-corrected chi connectivity index (χ1v) is 6.37. The number of nitrogens with two attached hydrogens (primary N) is 1. The molecule has 19 heavy (non-hydrogen) atoms. The van der Waals surface area contributed by atoms with E-state index in [0.29, 0.717) is 11.6 Å². The van der Waals surface area contributed by atoms with Gasteiger partial charge in [0.15, 0.2) is 0 Å². The van der Waals surface area contributed by atoms with Crippen molar-refractivity contribution in [1.29, 1.82) is 0 Å². The third-order valence-corrected chi connectivity index (χ3v) is 3.04. The fourth-order valence-electron chi connectivity index (χ4n) is 1.85. The molecule has 0 saturated carbocycles. The maximum absolute atomic E-state index is 5.88. The van der Waals surface area contributed by atoms with Crippen LogP contribution in [-0.4, -0.2) is 13.7 Å². The smallest absolute Gasteiger partial charge is 0.139 e. The zero-order valence-corrected chi connectivity index (χ0v) is 11.4. The molecular weight excluding hydrogens is 262 g/mol. The monoisotopic (exact) mass is 277 g/mol. The van der Waals surface area contributed by atoms with Gasteiger partial charge in [0.25, 0.3) is 0 Å². The van der Waals surface area contributed by atoms with Gasteiger partial charge in [-0.25, -0.2) is 0 Å². The molecule has 0 heterocycles. The zero-order valence-electron chi connectivity index (χ0n) is 10.7.